The summed E-state index contributed by atoms with van der Waals surface area (Å²) in [5, 5.41) is 6.61. The zero-order valence-electron chi connectivity index (χ0n) is 18.0. The first kappa shape index (κ1) is 21.4. The number of thioether (sulfide) groups is 1. The van der Waals surface area contributed by atoms with Gasteiger partial charge in [0.25, 0.3) is 5.56 Å². The van der Waals surface area contributed by atoms with Crippen LogP contribution in [0.2, 0.25) is 0 Å². The molecular formula is C24H20N4O3S2. The molecule has 0 radical (unpaired) electrons. The van der Waals surface area contributed by atoms with Crippen molar-refractivity contribution in [3.05, 3.63) is 87.3 Å². The SMILES string of the molecule is COc1cccc(Cn2c(SCc3nc(-c4ccccc4C)no3)nc3ccsc3c2=O)c1. The van der Waals surface area contributed by atoms with Crippen LogP contribution in [0.15, 0.2) is 74.5 Å². The first-order chi connectivity index (χ1) is 16.1. The molecule has 0 fully saturated rings. The van der Waals surface area contributed by atoms with Gasteiger partial charge in [0.15, 0.2) is 5.16 Å². The van der Waals surface area contributed by atoms with Gasteiger partial charge in [0, 0.05) is 5.56 Å². The first-order valence-electron chi connectivity index (χ1n) is 10.2. The molecule has 0 spiro atoms. The molecule has 0 aliphatic rings. The largest absolute Gasteiger partial charge is 0.497 e. The monoisotopic (exact) mass is 476 g/mol. The minimum absolute atomic E-state index is 0.0635. The van der Waals surface area contributed by atoms with Crippen molar-refractivity contribution in [1.29, 1.82) is 0 Å². The van der Waals surface area contributed by atoms with E-state index in [4.69, 9.17) is 14.2 Å². The number of benzene rings is 2. The molecule has 166 valence electrons. The zero-order valence-corrected chi connectivity index (χ0v) is 19.7. The molecule has 33 heavy (non-hydrogen) atoms. The van der Waals surface area contributed by atoms with Crippen LogP contribution in [0.5, 0.6) is 5.75 Å². The van der Waals surface area contributed by atoms with Gasteiger partial charge in [0.1, 0.15) is 10.4 Å². The second kappa shape index (κ2) is 9.21. The molecule has 9 heteroatoms. The fourth-order valence-corrected chi connectivity index (χ4v) is 5.11. The maximum Gasteiger partial charge on any atom is 0.272 e. The Labute approximate surface area is 198 Å². The molecule has 3 aromatic heterocycles. The second-order valence-electron chi connectivity index (χ2n) is 7.39. The second-order valence-corrected chi connectivity index (χ2v) is 9.25. The quantitative estimate of drug-likeness (QED) is 0.237. The van der Waals surface area contributed by atoms with Crippen molar-refractivity contribution in [2.75, 3.05) is 7.11 Å². The van der Waals surface area contributed by atoms with Gasteiger partial charge in [-0.25, -0.2) is 4.98 Å². The van der Waals surface area contributed by atoms with Crippen LogP contribution < -0.4 is 10.3 Å². The van der Waals surface area contributed by atoms with Crippen LogP contribution in [0.4, 0.5) is 0 Å². The summed E-state index contributed by atoms with van der Waals surface area (Å²) in [5.41, 5.74) is 3.60. The van der Waals surface area contributed by atoms with E-state index in [1.165, 1.54) is 23.1 Å². The number of rotatable bonds is 7. The van der Waals surface area contributed by atoms with Crippen LogP contribution >= 0.6 is 23.1 Å². The van der Waals surface area contributed by atoms with Crippen molar-refractivity contribution < 1.29 is 9.26 Å². The van der Waals surface area contributed by atoms with Crippen molar-refractivity contribution in [2.24, 2.45) is 0 Å². The van der Waals surface area contributed by atoms with Crippen molar-refractivity contribution >= 4 is 33.3 Å². The Morgan fingerprint density at radius 3 is 2.85 bits per heavy atom. The number of aromatic nitrogens is 4. The highest BCUT2D eigenvalue weighted by Gasteiger charge is 2.16. The van der Waals surface area contributed by atoms with E-state index in [1.807, 2.05) is 66.9 Å². The molecule has 0 bridgehead atoms. The Bertz CT molecular complexity index is 1490. The normalized spacial score (nSPS) is 11.2. The Hall–Kier alpha value is -3.43. The lowest BCUT2D eigenvalue weighted by atomic mass is 10.1. The Morgan fingerprint density at radius 1 is 1.12 bits per heavy atom. The number of ether oxygens (including phenoxy) is 1. The summed E-state index contributed by atoms with van der Waals surface area (Å²) in [6.45, 7) is 2.40. The Balaban J connectivity index is 1.45. The Morgan fingerprint density at radius 2 is 2.00 bits per heavy atom. The van der Waals surface area contributed by atoms with Gasteiger partial charge < -0.3 is 9.26 Å². The minimum Gasteiger partial charge on any atom is -0.497 e. The van der Waals surface area contributed by atoms with Gasteiger partial charge in [-0.05, 0) is 41.6 Å². The molecule has 3 heterocycles. The van der Waals surface area contributed by atoms with Gasteiger partial charge >= 0.3 is 0 Å². The van der Waals surface area contributed by atoms with Crippen LogP contribution in [-0.2, 0) is 12.3 Å². The first-order valence-corrected chi connectivity index (χ1v) is 12.1. The number of hydrogen-bond acceptors (Lipinski definition) is 8. The molecule has 5 aromatic rings. The van der Waals surface area contributed by atoms with E-state index in [9.17, 15) is 4.79 Å². The third-order valence-electron chi connectivity index (χ3n) is 5.18. The van der Waals surface area contributed by atoms with E-state index in [2.05, 4.69) is 10.1 Å². The number of methoxy groups -OCH3 is 1. The molecule has 0 unspecified atom stereocenters. The lowest BCUT2D eigenvalue weighted by molar-refractivity contribution is 0.391. The topological polar surface area (TPSA) is 83.0 Å². The third-order valence-corrected chi connectivity index (χ3v) is 7.04. The molecule has 2 aromatic carbocycles. The molecule has 0 aliphatic carbocycles. The summed E-state index contributed by atoms with van der Waals surface area (Å²) >= 11 is 2.80. The smallest absolute Gasteiger partial charge is 0.272 e. The predicted molar refractivity (Wildman–Crippen MR) is 130 cm³/mol. The standard InChI is InChI=1S/C24H20N4O3S2/c1-15-6-3-4-9-18(15)22-26-20(31-27-22)14-33-24-25-19-10-11-32-21(19)23(29)28(24)13-16-7-5-8-17(12-16)30-2/h3-12H,13-14H2,1-2H3. The lowest BCUT2D eigenvalue weighted by Gasteiger charge is -2.12. The van der Waals surface area contributed by atoms with Gasteiger partial charge in [-0.1, -0.05) is 53.3 Å². The molecule has 5 rings (SSSR count). The summed E-state index contributed by atoms with van der Waals surface area (Å²) in [7, 11) is 1.63. The third kappa shape index (κ3) is 4.42. The number of hydrogen-bond donors (Lipinski definition) is 0. The van der Waals surface area contributed by atoms with E-state index >= 15 is 0 Å². The Kier molecular flexibility index (Phi) is 5.97. The van der Waals surface area contributed by atoms with Gasteiger partial charge in [-0.15, -0.1) is 11.3 Å². The minimum atomic E-state index is -0.0635. The van der Waals surface area contributed by atoms with Crippen LogP contribution in [-0.4, -0.2) is 26.8 Å². The van der Waals surface area contributed by atoms with Crippen molar-refractivity contribution in [1.82, 2.24) is 19.7 Å². The van der Waals surface area contributed by atoms with E-state index < -0.39 is 0 Å². The fraction of sp³-hybridized carbons (Fsp3) is 0.167. The average Bonchev–Trinajstić information content (AvgIpc) is 3.50. The highest BCUT2D eigenvalue weighted by Crippen LogP contribution is 2.26. The maximum absolute atomic E-state index is 13.2. The van der Waals surface area contributed by atoms with E-state index in [0.717, 1.165) is 22.4 Å². The summed E-state index contributed by atoms with van der Waals surface area (Å²) in [6, 6.07) is 17.4. The molecule has 7 nitrogen and oxygen atoms in total. The van der Waals surface area contributed by atoms with Gasteiger partial charge in [-0.2, -0.15) is 4.98 Å². The molecule has 0 N–H and O–H groups in total. The number of fused-ring (bicyclic) bond motifs is 1. The zero-order chi connectivity index (χ0) is 22.8. The molecule has 0 aliphatic heterocycles. The molecule has 0 saturated carbocycles. The maximum atomic E-state index is 13.2. The van der Waals surface area contributed by atoms with Crippen LogP contribution in [0, 0.1) is 6.92 Å². The number of thiophene rings is 1. The van der Waals surface area contributed by atoms with Crippen molar-refractivity contribution in [3.8, 4) is 17.1 Å². The molecule has 0 amide bonds. The van der Waals surface area contributed by atoms with Crippen molar-refractivity contribution in [3.63, 3.8) is 0 Å². The van der Waals surface area contributed by atoms with E-state index in [1.54, 1.807) is 11.7 Å². The fourth-order valence-electron chi connectivity index (χ4n) is 3.50. The van der Waals surface area contributed by atoms with Gasteiger partial charge in [-0.3, -0.25) is 9.36 Å². The summed E-state index contributed by atoms with van der Waals surface area (Å²) < 4.78 is 13.1. The predicted octanol–water partition coefficient (Wildman–Crippen LogP) is 5.17. The highest BCUT2D eigenvalue weighted by atomic mass is 32.2. The molecule has 0 saturated heterocycles. The molecular weight excluding hydrogens is 456 g/mol. The number of aryl methyl sites for hydroxylation is 1. The van der Waals surface area contributed by atoms with Crippen LogP contribution in [0.1, 0.15) is 17.0 Å². The van der Waals surface area contributed by atoms with E-state index in [-0.39, 0.29) is 5.56 Å². The highest BCUT2D eigenvalue weighted by molar-refractivity contribution is 7.98. The summed E-state index contributed by atoms with van der Waals surface area (Å²) in [6.07, 6.45) is 0. The average molecular weight is 477 g/mol. The van der Waals surface area contributed by atoms with Gasteiger partial charge in [0.05, 0.1) is 24.9 Å². The van der Waals surface area contributed by atoms with E-state index in [0.29, 0.717) is 39.4 Å². The summed E-state index contributed by atoms with van der Waals surface area (Å²) in [4.78, 5) is 22.5. The van der Waals surface area contributed by atoms with Crippen LogP contribution in [0.25, 0.3) is 21.6 Å². The van der Waals surface area contributed by atoms with Crippen LogP contribution in [0.3, 0.4) is 0 Å². The van der Waals surface area contributed by atoms with Crippen molar-refractivity contribution in [2.45, 2.75) is 24.4 Å². The summed E-state index contributed by atoms with van der Waals surface area (Å²) in [5.74, 6) is 2.18. The molecule has 0 atom stereocenters. The lowest BCUT2D eigenvalue weighted by Crippen LogP contribution is -2.23. The van der Waals surface area contributed by atoms with Gasteiger partial charge in [0.2, 0.25) is 11.7 Å². The number of nitrogens with zero attached hydrogens (tertiary/aromatic N) is 4.